The minimum absolute atomic E-state index is 0. The Morgan fingerprint density at radius 3 is 1.20 bits per heavy atom. The fourth-order valence-corrected chi connectivity index (χ4v) is 5.35. The first-order valence-electron chi connectivity index (χ1n) is 16.4. The summed E-state index contributed by atoms with van der Waals surface area (Å²) in [6.45, 7) is 7.05. The van der Waals surface area contributed by atoms with Gasteiger partial charge in [0, 0.05) is 70.6 Å². The fraction of sp³-hybridized carbons (Fsp3) is 0.316. The van der Waals surface area contributed by atoms with Gasteiger partial charge in [-0.25, -0.2) is 0 Å². The van der Waals surface area contributed by atoms with Crippen LogP contribution in [0.25, 0.3) is 0 Å². The van der Waals surface area contributed by atoms with Gasteiger partial charge in [-0.05, 0) is 71.8 Å². The van der Waals surface area contributed by atoms with Crippen molar-refractivity contribution in [3.63, 3.8) is 0 Å². The van der Waals surface area contributed by atoms with Crippen LogP contribution < -0.4 is 10.5 Å². The molecule has 0 saturated carbocycles. The second-order valence-electron chi connectivity index (χ2n) is 11.4. The number of pyridine rings is 4. The van der Waals surface area contributed by atoms with E-state index in [1.54, 1.807) is 0 Å². The summed E-state index contributed by atoms with van der Waals surface area (Å²) in [6.07, 6.45) is 7.35. The fourth-order valence-electron chi connectivity index (χ4n) is 5.35. The normalized spacial score (nSPS) is 10.9. The number of nitrogens with zero attached hydrogens (tertiary/aromatic N) is 6. The molecule has 0 aliphatic heterocycles. The second-order valence-corrected chi connectivity index (χ2v) is 11.4. The molecule has 50 heavy (non-hydrogen) atoms. The zero-order chi connectivity index (χ0) is 33.1. The molecule has 0 saturated heterocycles. The minimum Gasteiger partial charge on any atom is -0.491 e. The summed E-state index contributed by atoms with van der Waals surface area (Å²) in [5.74, 6) is 0.803. The summed E-state index contributed by atoms with van der Waals surface area (Å²) in [7, 11) is 0. The predicted octanol–water partition coefficient (Wildman–Crippen LogP) is 5.04. The van der Waals surface area contributed by atoms with E-state index in [1.165, 1.54) is 0 Å². The molecule has 250 valence electrons. The molecule has 5 rings (SSSR count). The summed E-state index contributed by atoms with van der Waals surface area (Å²) in [6, 6.07) is 30.6. The van der Waals surface area contributed by atoms with E-state index in [-0.39, 0.29) is 39.0 Å². The Bertz CT molecular complexity index is 1400. The monoisotopic (exact) mass is 775 g/mol. The van der Waals surface area contributed by atoms with Crippen LogP contribution in [0.1, 0.15) is 33.9 Å². The van der Waals surface area contributed by atoms with E-state index in [0.717, 1.165) is 39.7 Å². The standard InChI is InChI=1S/C38H45N7O3.2Zn/c39-13-18-46-19-20-47-21-22-48-38-24-32(26-44(28-34-9-1-5-14-40-34)29-35-10-2-6-15-41-35)23-33(25-38)27-45(30-36-11-3-7-16-42-36)31-37-12-4-8-17-43-37;;/h1-12,14-17,23-25H,13,18-22,26-31,39H2;;/q;2*+2. The Kier molecular flexibility index (Phi) is 19.7. The topological polar surface area (TPSA) is 112 Å². The number of ether oxygens (including phenoxy) is 3. The molecule has 4 aromatic heterocycles. The van der Waals surface area contributed by atoms with Crippen LogP contribution >= 0.6 is 0 Å². The predicted molar refractivity (Wildman–Crippen MR) is 185 cm³/mol. The second kappa shape index (κ2) is 24.0. The van der Waals surface area contributed by atoms with E-state index in [2.05, 4.69) is 72.2 Å². The van der Waals surface area contributed by atoms with Crippen LogP contribution in [-0.4, -0.2) is 69.3 Å². The van der Waals surface area contributed by atoms with Gasteiger partial charge in [-0.3, -0.25) is 29.7 Å². The molecule has 2 N–H and O–H groups in total. The average molecular weight is 779 g/mol. The van der Waals surface area contributed by atoms with Crippen LogP contribution in [0.2, 0.25) is 0 Å². The molecule has 0 bridgehead atoms. The molecule has 0 aliphatic rings. The maximum Gasteiger partial charge on any atom is 2.00 e. The molecule has 0 radical (unpaired) electrons. The summed E-state index contributed by atoms with van der Waals surface area (Å²) in [4.78, 5) is 23.1. The minimum atomic E-state index is 0. The van der Waals surface area contributed by atoms with Gasteiger partial charge in [0.05, 0.1) is 49.2 Å². The number of rotatable bonds is 21. The Balaban J connectivity index is 0.00000338. The molecule has 0 amide bonds. The zero-order valence-electron chi connectivity index (χ0n) is 28.9. The molecule has 10 nitrogen and oxygen atoms in total. The van der Waals surface area contributed by atoms with Crippen LogP contribution in [0, 0.1) is 0 Å². The third-order valence-corrected chi connectivity index (χ3v) is 7.42. The molecule has 0 aliphatic carbocycles. The van der Waals surface area contributed by atoms with Gasteiger partial charge in [-0.2, -0.15) is 0 Å². The van der Waals surface area contributed by atoms with Crippen LogP contribution in [0.3, 0.4) is 0 Å². The average Bonchev–Trinajstić information content (AvgIpc) is 3.11. The van der Waals surface area contributed by atoms with Crippen molar-refractivity contribution in [2.24, 2.45) is 5.73 Å². The molecular formula is C38H45N7O3Zn2+4. The molecular weight excluding hydrogens is 733 g/mol. The molecule has 4 heterocycles. The zero-order valence-corrected chi connectivity index (χ0v) is 34.8. The first kappa shape index (κ1) is 41.1. The molecule has 0 fully saturated rings. The van der Waals surface area contributed by atoms with Gasteiger partial charge in [0.1, 0.15) is 12.4 Å². The van der Waals surface area contributed by atoms with Gasteiger partial charge in [-0.1, -0.05) is 30.3 Å². The maximum atomic E-state index is 6.28. The molecule has 0 atom stereocenters. The van der Waals surface area contributed by atoms with Crippen molar-refractivity contribution in [1.29, 1.82) is 0 Å². The van der Waals surface area contributed by atoms with Crippen molar-refractivity contribution in [3.05, 3.63) is 150 Å². The smallest absolute Gasteiger partial charge is 0.491 e. The van der Waals surface area contributed by atoms with E-state index in [1.807, 2.05) is 73.3 Å². The van der Waals surface area contributed by atoms with E-state index in [0.29, 0.717) is 78.8 Å². The summed E-state index contributed by atoms with van der Waals surface area (Å²) in [5.41, 5.74) is 11.8. The number of nitrogens with two attached hydrogens (primary N) is 1. The quantitative estimate of drug-likeness (QED) is 0.0805. The van der Waals surface area contributed by atoms with Gasteiger partial charge < -0.3 is 19.9 Å². The number of hydrogen-bond acceptors (Lipinski definition) is 10. The maximum absolute atomic E-state index is 6.28. The largest absolute Gasteiger partial charge is 2.00 e. The first-order chi connectivity index (χ1) is 23.7. The Hall–Kier alpha value is -3.33. The van der Waals surface area contributed by atoms with Crippen molar-refractivity contribution in [2.75, 3.05) is 39.6 Å². The van der Waals surface area contributed by atoms with Gasteiger partial charge in [0.2, 0.25) is 0 Å². The van der Waals surface area contributed by atoms with Gasteiger partial charge in [0.15, 0.2) is 0 Å². The van der Waals surface area contributed by atoms with Crippen LogP contribution in [0.4, 0.5) is 0 Å². The van der Waals surface area contributed by atoms with Gasteiger partial charge in [0.25, 0.3) is 0 Å². The van der Waals surface area contributed by atoms with Crippen molar-refractivity contribution < 1.29 is 53.2 Å². The number of hydrogen-bond donors (Lipinski definition) is 1. The molecule has 0 unspecified atom stereocenters. The van der Waals surface area contributed by atoms with E-state index < -0.39 is 0 Å². The van der Waals surface area contributed by atoms with Crippen molar-refractivity contribution in [1.82, 2.24) is 29.7 Å². The molecule has 0 spiro atoms. The van der Waals surface area contributed by atoms with Crippen molar-refractivity contribution in [3.8, 4) is 5.75 Å². The summed E-state index contributed by atoms with van der Waals surface area (Å²) in [5, 5.41) is 0. The van der Waals surface area contributed by atoms with Crippen LogP contribution in [0.5, 0.6) is 5.75 Å². The van der Waals surface area contributed by atoms with E-state index in [4.69, 9.17) is 19.9 Å². The van der Waals surface area contributed by atoms with Gasteiger partial charge >= 0.3 is 39.0 Å². The third-order valence-electron chi connectivity index (χ3n) is 7.42. The van der Waals surface area contributed by atoms with Crippen molar-refractivity contribution in [2.45, 2.75) is 39.3 Å². The summed E-state index contributed by atoms with van der Waals surface area (Å²) < 4.78 is 17.4. The van der Waals surface area contributed by atoms with Crippen LogP contribution in [0.15, 0.2) is 116 Å². The Morgan fingerprint density at radius 1 is 0.460 bits per heavy atom. The number of benzene rings is 1. The van der Waals surface area contributed by atoms with Crippen molar-refractivity contribution >= 4 is 0 Å². The van der Waals surface area contributed by atoms with E-state index >= 15 is 0 Å². The molecule has 12 heteroatoms. The van der Waals surface area contributed by atoms with Gasteiger partial charge in [-0.15, -0.1) is 0 Å². The first-order valence-corrected chi connectivity index (χ1v) is 16.4. The molecule has 5 aromatic rings. The Morgan fingerprint density at radius 2 is 0.840 bits per heavy atom. The third kappa shape index (κ3) is 15.3. The Labute approximate surface area is 321 Å². The number of aromatic nitrogens is 4. The van der Waals surface area contributed by atoms with E-state index in [9.17, 15) is 0 Å². The van der Waals surface area contributed by atoms with Crippen LogP contribution in [-0.2, 0) is 87.7 Å². The molecule has 1 aromatic carbocycles. The SMILES string of the molecule is NCCOCCOCCOc1cc(CN(Cc2ccccn2)Cc2ccccn2)cc(CN(Cc2ccccn2)Cc2ccccn2)c1.[Zn+2].[Zn+2]. The summed E-state index contributed by atoms with van der Waals surface area (Å²) >= 11 is 0.